The molecule has 0 amide bonds. The van der Waals surface area contributed by atoms with Gasteiger partial charge in [0.2, 0.25) is 5.54 Å². The van der Waals surface area contributed by atoms with Gasteiger partial charge in [0, 0.05) is 25.9 Å². The maximum atomic E-state index is 7.46. The number of piperidine rings is 1. The Morgan fingerprint density at radius 1 is 1.25 bits per heavy atom. The van der Waals surface area contributed by atoms with E-state index in [0.29, 0.717) is 0 Å². The molecule has 1 aliphatic rings. The van der Waals surface area contributed by atoms with Crippen molar-refractivity contribution in [2.24, 2.45) is 0 Å². The first kappa shape index (κ1) is 11.6. The fourth-order valence-electron chi connectivity index (χ4n) is 2.24. The predicted molar refractivity (Wildman–Crippen MR) is 70.0 cm³/mol. The maximum Gasteiger partial charge on any atom is 0.239 e. The zero-order chi connectivity index (χ0) is 11.4. The summed E-state index contributed by atoms with van der Waals surface area (Å²) in [6.45, 7) is 9.49. The second-order valence-corrected chi connectivity index (χ2v) is 5.26. The minimum absolute atomic E-state index is 0.158. The van der Waals surface area contributed by atoms with Gasteiger partial charge in [-0.2, -0.15) is 0 Å². The summed E-state index contributed by atoms with van der Waals surface area (Å²) in [7, 11) is 2.74. The van der Waals surface area contributed by atoms with Gasteiger partial charge in [0.25, 0.3) is 0 Å². The molecule has 1 fully saturated rings. The van der Waals surface area contributed by atoms with Gasteiger partial charge in [0.1, 0.15) is 0 Å². The molecule has 1 saturated heterocycles. The van der Waals surface area contributed by atoms with Crippen LogP contribution >= 0.6 is 9.39 Å². The highest BCUT2D eigenvalue weighted by Crippen LogP contribution is 2.31. The summed E-state index contributed by atoms with van der Waals surface area (Å²) >= 11 is 0. The van der Waals surface area contributed by atoms with Gasteiger partial charge >= 0.3 is 0 Å². The van der Waals surface area contributed by atoms with Crippen LogP contribution in [0.3, 0.4) is 0 Å². The highest BCUT2D eigenvalue weighted by molar-refractivity contribution is 7.13. The number of hydrogen-bond donors (Lipinski definition) is 0. The summed E-state index contributed by atoms with van der Waals surface area (Å²) in [5, 5.41) is 0. The number of nitrogens with zero attached hydrogens (tertiary/aromatic N) is 2. The molecule has 1 heterocycles. The molecule has 1 unspecified atom stereocenters. The van der Waals surface area contributed by atoms with Gasteiger partial charge in [-0.15, -0.1) is 0 Å². The molecule has 0 spiro atoms. The normalized spacial score (nSPS) is 20.2. The highest BCUT2D eigenvalue weighted by atomic mass is 31.0. The molecule has 16 heavy (non-hydrogen) atoms. The molecule has 3 heteroatoms. The summed E-state index contributed by atoms with van der Waals surface area (Å²) in [5.41, 5.74) is 1.13. The van der Waals surface area contributed by atoms with E-state index in [-0.39, 0.29) is 5.54 Å². The van der Waals surface area contributed by atoms with Crippen molar-refractivity contribution >= 4 is 9.39 Å². The van der Waals surface area contributed by atoms with Crippen LogP contribution in [0.5, 0.6) is 0 Å². The van der Waals surface area contributed by atoms with E-state index in [9.17, 15) is 0 Å². The van der Waals surface area contributed by atoms with E-state index in [1.165, 1.54) is 5.56 Å². The molecular formula is C13H17N2P. The summed E-state index contributed by atoms with van der Waals surface area (Å²) in [6.07, 6.45) is 2.86. The van der Waals surface area contributed by atoms with Crippen molar-refractivity contribution in [1.82, 2.24) is 4.67 Å². The lowest BCUT2D eigenvalue weighted by molar-refractivity contribution is 0.282. The first-order valence-electron chi connectivity index (χ1n) is 5.66. The van der Waals surface area contributed by atoms with Crippen molar-refractivity contribution < 1.29 is 0 Å². The Morgan fingerprint density at radius 3 is 2.44 bits per heavy atom. The predicted octanol–water partition coefficient (Wildman–Crippen LogP) is 2.77. The Kier molecular flexibility index (Phi) is 3.59. The van der Waals surface area contributed by atoms with Gasteiger partial charge < -0.3 is 4.85 Å². The largest absolute Gasteiger partial charge is 0.310 e. The molecule has 0 saturated carbocycles. The molecule has 1 aromatic carbocycles. The van der Waals surface area contributed by atoms with Crippen LogP contribution in [0.4, 0.5) is 0 Å². The van der Waals surface area contributed by atoms with Gasteiger partial charge in [0.15, 0.2) is 0 Å². The molecule has 2 rings (SSSR count). The SMILES string of the molecule is [C-]#[N+]C1(Cc2ccccc2)CCN(P)CC1. The van der Waals surface area contributed by atoms with Crippen LogP contribution in [0.15, 0.2) is 30.3 Å². The summed E-state index contributed by atoms with van der Waals surface area (Å²) in [5.74, 6) is 0. The van der Waals surface area contributed by atoms with Gasteiger partial charge in [-0.3, -0.25) is 4.67 Å². The van der Waals surface area contributed by atoms with Gasteiger partial charge in [0.05, 0.1) is 6.42 Å². The zero-order valence-electron chi connectivity index (χ0n) is 9.39. The molecule has 0 aliphatic carbocycles. The van der Waals surface area contributed by atoms with Gasteiger partial charge in [-0.05, 0) is 5.56 Å². The minimum Gasteiger partial charge on any atom is -0.310 e. The van der Waals surface area contributed by atoms with Crippen LogP contribution < -0.4 is 0 Å². The molecule has 84 valence electrons. The number of rotatable bonds is 2. The third kappa shape index (κ3) is 2.61. The van der Waals surface area contributed by atoms with Crippen molar-refractivity contribution in [3.8, 4) is 0 Å². The van der Waals surface area contributed by atoms with Crippen molar-refractivity contribution in [2.75, 3.05) is 13.1 Å². The van der Waals surface area contributed by atoms with E-state index < -0.39 is 0 Å². The first-order chi connectivity index (χ1) is 7.74. The van der Waals surface area contributed by atoms with E-state index in [0.717, 1.165) is 32.4 Å². The third-order valence-corrected chi connectivity index (χ3v) is 3.86. The fraction of sp³-hybridized carbons (Fsp3) is 0.462. The Balaban J connectivity index is 2.09. The van der Waals surface area contributed by atoms with Crippen molar-refractivity contribution in [3.05, 3.63) is 47.3 Å². The molecule has 1 atom stereocenters. The standard InChI is InChI=1S/C13H17N2P/c1-14-13(7-9-15(16)10-8-13)11-12-5-3-2-4-6-12/h2-6H,7-11,16H2. The van der Waals surface area contributed by atoms with Crippen LogP contribution in [0.25, 0.3) is 4.85 Å². The Morgan fingerprint density at radius 2 is 1.88 bits per heavy atom. The Labute approximate surface area is 99.7 Å². The van der Waals surface area contributed by atoms with Gasteiger partial charge in [-0.1, -0.05) is 39.7 Å². The quantitative estimate of drug-likeness (QED) is 0.562. The van der Waals surface area contributed by atoms with E-state index in [2.05, 4.69) is 43.2 Å². The summed E-state index contributed by atoms with van der Waals surface area (Å²) < 4.78 is 2.23. The highest BCUT2D eigenvalue weighted by Gasteiger charge is 2.39. The van der Waals surface area contributed by atoms with Crippen LogP contribution in [-0.2, 0) is 6.42 Å². The number of hydrogen-bond acceptors (Lipinski definition) is 1. The second kappa shape index (κ2) is 4.95. The van der Waals surface area contributed by atoms with E-state index >= 15 is 0 Å². The summed E-state index contributed by atoms with van der Waals surface area (Å²) in [6, 6.07) is 10.4. The van der Waals surface area contributed by atoms with Crippen LogP contribution in [0, 0.1) is 6.57 Å². The van der Waals surface area contributed by atoms with Gasteiger partial charge in [-0.25, -0.2) is 6.57 Å². The minimum atomic E-state index is -0.158. The second-order valence-electron chi connectivity index (χ2n) is 4.53. The molecule has 0 aromatic heterocycles. The Bertz CT molecular complexity index is 375. The zero-order valence-corrected chi connectivity index (χ0v) is 10.5. The molecule has 1 aromatic rings. The fourth-order valence-corrected chi connectivity index (χ4v) is 2.50. The average molecular weight is 232 g/mol. The van der Waals surface area contributed by atoms with E-state index in [4.69, 9.17) is 6.57 Å². The Hall–Kier alpha value is -0.900. The maximum absolute atomic E-state index is 7.46. The molecular weight excluding hydrogens is 215 g/mol. The van der Waals surface area contributed by atoms with Crippen LogP contribution in [0.2, 0.25) is 0 Å². The molecule has 0 bridgehead atoms. The van der Waals surface area contributed by atoms with E-state index in [1.54, 1.807) is 0 Å². The van der Waals surface area contributed by atoms with Crippen LogP contribution in [-0.4, -0.2) is 23.3 Å². The smallest absolute Gasteiger partial charge is 0.239 e. The molecule has 2 nitrogen and oxygen atoms in total. The first-order valence-corrected chi connectivity index (χ1v) is 6.18. The monoisotopic (exact) mass is 232 g/mol. The topological polar surface area (TPSA) is 7.60 Å². The lowest BCUT2D eigenvalue weighted by atomic mass is 9.83. The summed E-state index contributed by atoms with van der Waals surface area (Å²) in [4.78, 5) is 3.92. The average Bonchev–Trinajstić information content (AvgIpc) is 2.34. The van der Waals surface area contributed by atoms with Crippen molar-refractivity contribution in [1.29, 1.82) is 0 Å². The van der Waals surface area contributed by atoms with Crippen LogP contribution in [0.1, 0.15) is 18.4 Å². The molecule has 0 N–H and O–H groups in total. The van der Waals surface area contributed by atoms with Crippen molar-refractivity contribution in [2.45, 2.75) is 24.8 Å². The lowest BCUT2D eigenvalue weighted by Gasteiger charge is -2.31. The molecule has 1 aliphatic heterocycles. The lowest BCUT2D eigenvalue weighted by Crippen LogP contribution is -2.39. The number of benzene rings is 1. The third-order valence-electron chi connectivity index (χ3n) is 3.34. The van der Waals surface area contributed by atoms with Crippen molar-refractivity contribution in [3.63, 3.8) is 0 Å². The molecule has 0 radical (unpaired) electrons. The van der Waals surface area contributed by atoms with E-state index in [1.807, 2.05) is 6.07 Å².